The molecule has 0 spiro atoms. The molecule has 6 rings (SSSR count). The Balaban J connectivity index is 1.34. The fourth-order valence-electron chi connectivity index (χ4n) is 4.64. The summed E-state index contributed by atoms with van der Waals surface area (Å²) in [5.41, 5.74) is 0.940. The summed E-state index contributed by atoms with van der Waals surface area (Å²) in [6.07, 6.45) is 2.43. The Bertz CT molecular complexity index is 1490. The molecule has 1 fully saturated rings. The van der Waals surface area contributed by atoms with Gasteiger partial charge in [0, 0.05) is 24.8 Å². The maximum atomic E-state index is 15.3. The van der Waals surface area contributed by atoms with Crippen LogP contribution in [-0.2, 0) is 0 Å². The zero-order chi connectivity index (χ0) is 24.8. The van der Waals surface area contributed by atoms with E-state index in [0.717, 1.165) is 19.5 Å². The summed E-state index contributed by atoms with van der Waals surface area (Å²) in [6.45, 7) is 1.70. The summed E-state index contributed by atoms with van der Waals surface area (Å²) in [5, 5.41) is 6.48. The highest BCUT2D eigenvalue weighted by Crippen LogP contribution is 2.46. The lowest BCUT2D eigenvalue weighted by molar-refractivity contribution is 0.0943. The molecule has 2 N–H and O–H groups in total. The molecule has 4 aromatic rings. The second-order valence-corrected chi connectivity index (χ2v) is 9.83. The first-order valence-electron chi connectivity index (χ1n) is 11.5. The Morgan fingerprint density at radius 1 is 1.17 bits per heavy atom. The quantitative estimate of drug-likeness (QED) is 0.384. The van der Waals surface area contributed by atoms with Crippen LogP contribution in [0.4, 0.5) is 26.2 Å². The number of carbonyl (C=O) groups excluding carboxylic acids is 2. The van der Waals surface area contributed by atoms with Gasteiger partial charge in [-0.15, -0.1) is 11.3 Å². The molecular weight excluding hydrogens is 481 g/mol. The number of halogens is 1. The second kappa shape index (κ2) is 8.89. The number of likely N-dealkylation sites (tertiary alicyclic amines) is 1. The van der Waals surface area contributed by atoms with Crippen LogP contribution >= 0.6 is 11.3 Å². The van der Waals surface area contributed by atoms with Gasteiger partial charge in [-0.05, 0) is 50.3 Å². The van der Waals surface area contributed by atoms with E-state index in [1.165, 1.54) is 28.4 Å². The summed E-state index contributed by atoms with van der Waals surface area (Å²) in [5.74, 6) is 0.0220. The number of rotatable bonds is 5. The number of urea groups is 1. The lowest BCUT2D eigenvalue weighted by atomic mass is 10.1. The van der Waals surface area contributed by atoms with Crippen LogP contribution in [0.2, 0.25) is 0 Å². The first-order chi connectivity index (χ1) is 17.5. The molecule has 1 atom stereocenters. The smallest absolute Gasteiger partial charge is 0.331 e. The Labute approximate surface area is 210 Å². The number of para-hydroxylation sites is 1. The Kier molecular flexibility index (Phi) is 5.54. The van der Waals surface area contributed by atoms with E-state index < -0.39 is 11.8 Å². The normalized spacial score (nSPS) is 17.3. The van der Waals surface area contributed by atoms with Gasteiger partial charge in [0.25, 0.3) is 5.91 Å². The summed E-state index contributed by atoms with van der Waals surface area (Å²) in [6, 6.07) is 14.6. The zero-order valence-corrected chi connectivity index (χ0v) is 20.1. The maximum absolute atomic E-state index is 15.3. The number of benzene rings is 2. The Morgan fingerprint density at radius 2 is 2.00 bits per heavy atom. The molecule has 2 aromatic carbocycles. The van der Waals surface area contributed by atoms with Crippen molar-refractivity contribution < 1.29 is 18.7 Å². The summed E-state index contributed by atoms with van der Waals surface area (Å²) < 4.78 is 21.0. The number of ether oxygens (including phenoxy) is 1. The van der Waals surface area contributed by atoms with Crippen LogP contribution < -0.4 is 20.3 Å². The van der Waals surface area contributed by atoms with Gasteiger partial charge < -0.3 is 20.3 Å². The van der Waals surface area contributed by atoms with E-state index in [-0.39, 0.29) is 17.6 Å². The molecule has 182 valence electrons. The van der Waals surface area contributed by atoms with Crippen LogP contribution in [0.15, 0.2) is 60.8 Å². The van der Waals surface area contributed by atoms with Gasteiger partial charge in [-0.3, -0.25) is 9.69 Å². The number of nitrogens with zero attached hydrogens (tertiary/aromatic N) is 3. The third-order valence-electron chi connectivity index (χ3n) is 6.32. The van der Waals surface area contributed by atoms with Gasteiger partial charge >= 0.3 is 6.03 Å². The van der Waals surface area contributed by atoms with E-state index in [1.54, 1.807) is 30.5 Å². The molecule has 0 unspecified atom stereocenters. The predicted molar refractivity (Wildman–Crippen MR) is 137 cm³/mol. The van der Waals surface area contributed by atoms with Gasteiger partial charge in [0.2, 0.25) is 0 Å². The number of likely N-dealkylation sites (N-methyl/N-ethyl adjacent to an activating group) is 1. The highest BCUT2D eigenvalue weighted by Gasteiger charge is 2.34. The van der Waals surface area contributed by atoms with Crippen LogP contribution in [0, 0.1) is 5.82 Å². The highest BCUT2D eigenvalue weighted by molar-refractivity contribution is 7.21. The van der Waals surface area contributed by atoms with Crippen molar-refractivity contribution in [3.05, 3.63) is 71.5 Å². The van der Waals surface area contributed by atoms with E-state index in [9.17, 15) is 9.59 Å². The zero-order valence-electron chi connectivity index (χ0n) is 19.3. The van der Waals surface area contributed by atoms with Crippen molar-refractivity contribution in [3.8, 4) is 11.5 Å². The average Bonchev–Trinajstić information content (AvgIpc) is 3.44. The molecule has 0 radical (unpaired) electrons. The van der Waals surface area contributed by atoms with Crippen molar-refractivity contribution in [1.29, 1.82) is 0 Å². The van der Waals surface area contributed by atoms with Crippen LogP contribution in [0.3, 0.4) is 0 Å². The predicted octanol–water partition coefficient (Wildman–Crippen LogP) is 5.35. The lowest BCUT2D eigenvalue weighted by Crippen LogP contribution is -2.38. The number of thiophene rings is 1. The van der Waals surface area contributed by atoms with Gasteiger partial charge in [0.1, 0.15) is 21.2 Å². The van der Waals surface area contributed by atoms with Crippen LogP contribution in [0.5, 0.6) is 11.5 Å². The fraction of sp³-hybridized carbons (Fsp3) is 0.192. The molecule has 2 aromatic heterocycles. The standard InChI is InChI=1S/C26H22FN5O3S/c1-31-12-10-15(14-31)29-24(33)23-22-21-20(9-11-28-25(21)36-23)32(26(34)30-22)19-8-7-17(13-18(19)27)35-16-5-3-2-4-6-16/h2-9,11,13,15H,10,12,14H2,1H3,(H,29,33)(H,30,34)/t15-/m1/s1. The van der Waals surface area contributed by atoms with E-state index in [0.29, 0.717) is 38.0 Å². The van der Waals surface area contributed by atoms with Crippen molar-refractivity contribution in [2.75, 3.05) is 30.4 Å². The molecule has 0 bridgehead atoms. The van der Waals surface area contributed by atoms with Gasteiger partial charge in [0.15, 0.2) is 5.82 Å². The van der Waals surface area contributed by atoms with E-state index in [2.05, 4.69) is 20.5 Å². The number of amides is 3. The summed E-state index contributed by atoms with van der Waals surface area (Å²) in [7, 11) is 2.01. The molecule has 2 aliphatic rings. The lowest BCUT2D eigenvalue weighted by Gasteiger charge is -2.28. The fourth-order valence-corrected chi connectivity index (χ4v) is 5.67. The van der Waals surface area contributed by atoms with Gasteiger partial charge in [-0.1, -0.05) is 18.2 Å². The largest absolute Gasteiger partial charge is 0.457 e. The number of hydrogen-bond donors (Lipinski definition) is 2. The number of carbonyl (C=O) groups is 2. The second-order valence-electron chi connectivity index (χ2n) is 8.83. The van der Waals surface area contributed by atoms with Crippen molar-refractivity contribution >= 4 is 50.6 Å². The van der Waals surface area contributed by atoms with E-state index in [4.69, 9.17) is 4.74 Å². The van der Waals surface area contributed by atoms with Crippen molar-refractivity contribution in [2.24, 2.45) is 0 Å². The van der Waals surface area contributed by atoms with E-state index >= 15 is 4.39 Å². The third kappa shape index (κ3) is 3.94. The molecule has 3 amide bonds. The number of aromatic nitrogens is 1. The van der Waals surface area contributed by atoms with Crippen LogP contribution in [0.1, 0.15) is 16.1 Å². The molecule has 0 saturated carbocycles. The van der Waals surface area contributed by atoms with Crippen molar-refractivity contribution in [1.82, 2.24) is 15.2 Å². The van der Waals surface area contributed by atoms with Crippen LogP contribution in [-0.4, -0.2) is 48.0 Å². The number of nitrogens with one attached hydrogen (secondary N) is 2. The molecule has 4 heterocycles. The highest BCUT2D eigenvalue weighted by atomic mass is 32.1. The molecule has 8 nitrogen and oxygen atoms in total. The Hall–Kier alpha value is -4.02. The first-order valence-corrected chi connectivity index (χ1v) is 12.3. The summed E-state index contributed by atoms with van der Waals surface area (Å²) >= 11 is 1.21. The SMILES string of the molecule is CN1CC[C@@H](NC(=O)c2sc3nccc4c3c2NC(=O)N4c2ccc(Oc3ccccc3)cc2F)C1. The first kappa shape index (κ1) is 22.4. The minimum absolute atomic E-state index is 0.0499. The molecular formula is C26H22FN5O3S. The molecule has 36 heavy (non-hydrogen) atoms. The van der Waals surface area contributed by atoms with Crippen molar-refractivity contribution in [2.45, 2.75) is 12.5 Å². The maximum Gasteiger partial charge on any atom is 0.331 e. The van der Waals surface area contributed by atoms with Crippen LogP contribution in [0.25, 0.3) is 10.2 Å². The monoisotopic (exact) mass is 503 g/mol. The topological polar surface area (TPSA) is 86.8 Å². The molecule has 0 aliphatic carbocycles. The number of pyridine rings is 1. The number of hydrogen-bond acceptors (Lipinski definition) is 6. The van der Waals surface area contributed by atoms with Gasteiger partial charge in [0.05, 0.1) is 22.4 Å². The minimum atomic E-state index is -0.620. The average molecular weight is 504 g/mol. The van der Waals surface area contributed by atoms with Gasteiger partial charge in [-0.2, -0.15) is 0 Å². The van der Waals surface area contributed by atoms with Crippen molar-refractivity contribution in [3.63, 3.8) is 0 Å². The molecule has 10 heteroatoms. The molecule has 1 saturated heterocycles. The Morgan fingerprint density at radius 3 is 2.75 bits per heavy atom. The number of anilines is 3. The third-order valence-corrected chi connectivity index (χ3v) is 7.41. The summed E-state index contributed by atoms with van der Waals surface area (Å²) in [4.78, 5) is 35.2. The molecule has 2 aliphatic heterocycles. The van der Waals surface area contributed by atoms with Gasteiger partial charge in [-0.25, -0.2) is 14.2 Å². The van der Waals surface area contributed by atoms with E-state index in [1.807, 2.05) is 25.2 Å². The minimum Gasteiger partial charge on any atom is -0.457 e.